The molecule has 0 aliphatic rings. The van der Waals surface area contributed by atoms with E-state index in [1.165, 1.54) is 25.7 Å². The molecule has 0 radical (unpaired) electrons. The molecular formula is C16H26N4. The SMILES string of the molecule is CCCCCC(C)(C)CNc1nnc(C)c(C)c1C#N. The third-order valence-electron chi connectivity index (χ3n) is 3.76. The molecule has 0 fully saturated rings. The zero-order valence-electron chi connectivity index (χ0n) is 13.4. The molecule has 4 heteroatoms. The van der Waals surface area contributed by atoms with Crippen LogP contribution in [0.1, 0.15) is 63.3 Å². The van der Waals surface area contributed by atoms with Gasteiger partial charge in [0.2, 0.25) is 0 Å². The van der Waals surface area contributed by atoms with Crippen LogP contribution in [0, 0.1) is 30.6 Å². The molecule has 110 valence electrons. The van der Waals surface area contributed by atoms with Gasteiger partial charge in [-0.1, -0.05) is 40.0 Å². The molecule has 1 aromatic heterocycles. The zero-order chi connectivity index (χ0) is 15.2. The minimum Gasteiger partial charge on any atom is -0.367 e. The van der Waals surface area contributed by atoms with Crippen molar-refractivity contribution in [1.29, 1.82) is 5.26 Å². The van der Waals surface area contributed by atoms with Crippen molar-refractivity contribution in [3.05, 3.63) is 16.8 Å². The normalized spacial score (nSPS) is 11.2. The standard InChI is InChI=1S/C16H26N4/c1-6-7-8-9-16(4,5)11-18-15-14(10-17)12(2)13(3)19-20-15/h6-9,11H2,1-5H3,(H,18,20). The van der Waals surface area contributed by atoms with Crippen molar-refractivity contribution >= 4 is 5.82 Å². The Labute approximate surface area is 122 Å². The van der Waals surface area contributed by atoms with E-state index in [1.54, 1.807) is 0 Å². The van der Waals surface area contributed by atoms with Crippen LogP contribution in [0.4, 0.5) is 5.82 Å². The largest absolute Gasteiger partial charge is 0.367 e. The zero-order valence-corrected chi connectivity index (χ0v) is 13.4. The van der Waals surface area contributed by atoms with Crippen molar-refractivity contribution in [2.75, 3.05) is 11.9 Å². The molecule has 0 saturated carbocycles. The van der Waals surface area contributed by atoms with E-state index in [2.05, 4.69) is 42.4 Å². The third kappa shape index (κ3) is 4.48. The fraction of sp³-hybridized carbons (Fsp3) is 0.688. The van der Waals surface area contributed by atoms with Crippen LogP contribution in [0.5, 0.6) is 0 Å². The van der Waals surface area contributed by atoms with Gasteiger partial charge in [-0.25, -0.2) is 0 Å². The van der Waals surface area contributed by atoms with Gasteiger partial charge >= 0.3 is 0 Å². The van der Waals surface area contributed by atoms with Crippen LogP contribution in [0.15, 0.2) is 0 Å². The molecule has 0 aliphatic carbocycles. The lowest BCUT2D eigenvalue weighted by Gasteiger charge is -2.25. The Morgan fingerprint density at radius 2 is 1.90 bits per heavy atom. The fourth-order valence-corrected chi connectivity index (χ4v) is 2.13. The number of anilines is 1. The van der Waals surface area contributed by atoms with Gasteiger partial charge in [0.25, 0.3) is 0 Å². The van der Waals surface area contributed by atoms with E-state index in [0.29, 0.717) is 11.4 Å². The first-order valence-electron chi connectivity index (χ1n) is 7.39. The number of hydrogen-bond donors (Lipinski definition) is 1. The van der Waals surface area contributed by atoms with E-state index in [0.717, 1.165) is 17.8 Å². The number of nitrogens with zero attached hydrogens (tertiary/aromatic N) is 3. The molecule has 1 N–H and O–H groups in total. The van der Waals surface area contributed by atoms with Crippen LogP contribution >= 0.6 is 0 Å². The Morgan fingerprint density at radius 1 is 1.20 bits per heavy atom. The second-order valence-corrected chi connectivity index (χ2v) is 6.22. The predicted molar refractivity (Wildman–Crippen MR) is 82.6 cm³/mol. The highest BCUT2D eigenvalue weighted by atomic mass is 15.2. The summed E-state index contributed by atoms with van der Waals surface area (Å²) in [6.07, 6.45) is 4.93. The maximum atomic E-state index is 9.27. The summed E-state index contributed by atoms with van der Waals surface area (Å²) >= 11 is 0. The lowest BCUT2D eigenvalue weighted by molar-refractivity contribution is 0.342. The first kappa shape index (κ1) is 16.4. The number of nitriles is 1. The van der Waals surface area contributed by atoms with Gasteiger partial charge in [0.15, 0.2) is 5.82 Å². The lowest BCUT2D eigenvalue weighted by Crippen LogP contribution is -2.24. The summed E-state index contributed by atoms with van der Waals surface area (Å²) in [6.45, 7) is 11.3. The Bertz CT molecular complexity index is 486. The second kappa shape index (κ2) is 7.23. The first-order valence-corrected chi connectivity index (χ1v) is 7.39. The molecule has 1 rings (SSSR count). The Balaban J connectivity index is 2.70. The number of aromatic nitrogens is 2. The first-order chi connectivity index (χ1) is 9.41. The van der Waals surface area contributed by atoms with Gasteiger partial charge in [0.1, 0.15) is 11.6 Å². The van der Waals surface area contributed by atoms with Crippen molar-refractivity contribution < 1.29 is 0 Å². The van der Waals surface area contributed by atoms with Gasteiger partial charge in [-0.05, 0) is 31.2 Å². The smallest absolute Gasteiger partial charge is 0.166 e. The molecule has 0 atom stereocenters. The van der Waals surface area contributed by atoms with E-state index in [9.17, 15) is 5.26 Å². The summed E-state index contributed by atoms with van der Waals surface area (Å²) in [5, 5.41) is 20.8. The third-order valence-corrected chi connectivity index (χ3v) is 3.76. The van der Waals surface area contributed by atoms with Crippen molar-refractivity contribution in [2.24, 2.45) is 5.41 Å². The minimum atomic E-state index is 0.197. The van der Waals surface area contributed by atoms with Crippen LogP contribution in [0.2, 0.25) is 0 Å². The lowest BCUT2D eigenvalue weighted by atomic mass is 9.87. The van der Waals surface area contributed by atoms with Gasteiger partial charge in [-0.3, -0.25) is 0 Å². The summed E-state index contributed by atoms with van der Waals surface area (Å²) in [6, 6.07) is 2.23. The molecule has 0 aromatic carbocycles. The van der Waals surface area contributed by atoms with Gasteiger partial charge in [-0.15, -0.1) is 5.10 Å². The number of hydrogen-bond acceptors (Lipinski definition) is 4. The topological polar surface area (TPSA) is 61.6 Å². The molecule has 0 unspecified atom stereocenters. The van der Waals surface area contributed by atoms with Gasteiger partial charge in [0, 0.05) is 6.54 Å². The van der Waals surface area contributed by atoms with E-state index >= 15 is 0 Å². The van der Waals surface area contributed by atoms with Crippen LogP contribution in [-0.4, -0.2) is 16.7 Å². The highest BCUT2D eigenvalue weighted by molar-refractivity contribution is 5.55. The molecule has 4 nitrogen and oxygen atoms in total. The number of rotatable bonds is 7. The molecule has 0 spiro atoms. The molecule has 0 aliphatic heterocycles. The summed E-state index contributed by atoms with van der Waals surface area (Å²) < 4.78 is 0. The maximum absolute atomic E-state index is 9.27. The average Bonchev–Trinajstić information content (AvgIpc) is 2.40. The van der Waals surface area contributed by atoms with Crippen LogP contribution in [0.25, 0.3) is 0 Å². The summed E-state index contributed by atoms with van der Waals surface area (Å²) in [4.78, 5) is 0. The number of unbranched alkanes of at least 4 members (excludes halogenated alkanes) is 2. The van der Waals surface area contributed by atoms with Crippen LogP contribution in [-0.2, 0) is 0 Å². The number of aryl methyl sites for hydroxylation is 1. The average molecular weight is 274 g/mol. The predicted octanol–water partition coefficient (Wildman–Crippen LogP) is 3.98. The quantitative estimate of drug-likeness (QED) is 0.764. The minimum absolute atomic E-state index is 0.197. The van der Waals surface area contributed by atoms with E-state index in [-0.39, 0.29) is 5.41 Å². The van der Waals surface area contributed by atoms with Gasteiger partial charge < -0.3 is 5.32 Å². The Morgan fingerprint density at radius 3 is 2.50 bits per heavy atom. The van der Waals surface area contributed by atoms with Crippen molar-refractivity contribution in [3.8, 4) is 6.07 Å². The summed E-state index contributed by atoms with van der Waals surface area (Å²) in [5.74, 6) is 0.610. The van der Waals surface area contributed by atoms with Crippen LogP contribution < -0.4 is 5.32 Å². The fourth-order valence-electron chi connectivity index (χ4n) is 2.13. The summed E-state index contributed by atoms with van der Waals surface area (Å²) in [7, 11) is 0. The second-order valence-electron chi connectivity index (χ2n) is 6.22. The van der Waals surface area contributed by atoms with Crippen LogP contribution in [0.3, 0.4) is 0 Å². The Kier molecular flexibility index (Phi) is 5.94. The molecule has 1 aromatic rings. The molecular weight excluding hydrogens is 248 g/mol. The molecule has 20 heavy (non-hydrogen) atoms. The molecule has 0 amide bonds. The highest BCUT2D eigenvalue weighted by Crippen LogP contribution is 2.25. The molecule has 0 bridgehead atoms. The monoisotopic (exact) mass is 274 g/mol. The van der Waals surface area contributed by atoms with E-state index in [1.807, 2.05) is 13.8 Å². The highest BCUT2D eigenvalue weighted by Gasteiger charge is 2.19. The van der Waals surface area contributed by atoms with Crippen molar-refractivity contribution in [2.45, 2.75) is 60.3 Å². The van der Waals surface area contributed by atoms with E-state index in [4.69, 9.17) is 0 Å². The molecule has 1 heterocycles. The van der Waals surface area contributed by atoms with Crippen molar-refractivity contribution in [3.63, 3.8) is 0 Å². The van der Waals surface area contributed by atoms with Gasteiger partial charge in [-0.2, -0.15) is 10.4 Å². The number of nitrogens with one attached hydrogen (secondary N) is 1. The molecule has 0 saturated heterocycles. The Hall–Kier alpha value is -1.63. The van der Waals surface area contributed by atoms with Crippen molar-refractivity contribution in [1.82, 2.24) is 10.2 Å². The van der Waals surface area contributed by atoms with E-state index < -0.39 is 0 Å². The maximum Gasteiger partial charge on any atom is 0.166 e. The van der Waals surface area contributed by atoms with Gasteiger partial charge in [0.05, 0.1) is 5.69 Å². The summed E-state index contributed by atoms with van der Waals surface area (Å²) in [5.41, 5.74) is 2.53.